The van der Waals surface area contributed by atoms with Crippen molar-refractivity contribution in [2.24, 2.45) is 0 Å². The summed E-state index contributed by atoms with van der Waals surface area (Å²) in [5, 5.41) is 15.1. The lowest BCUT2D eigenvalue weighted by atomic mass is 10.1. The summed E-state index contributed by atoms with van der Waals surface area (Å²) in [6.07, 6.45) is -1.09. The molecule has 2 amide bonds. The highest BCUT2D eigenvalue weighted by molar-refractivity contribution is 5.89. The molecule has 0 saturated heterocycles. The number of amides is 2. The van der Waals surface area contributed by atoms with Crippen LogP contribution in [0.2, 0.25) is 0 Å². The minimum absolute atomic E-state index is 0.0719. The first-order chi connectivity index (χ1) is 10.5. The van der Waals surface area contributed by atoms with Crippen LogP contribution in [-0.2, 0) is 0 Å². The number of rotatable bonds is 4. The summed E-state index contributed by atoms with van der Waals surface area (Å²) in [5.41, 5.74) is 2.92. The van der Waals surface area contributed by atoms with Crippen LogP contribution in [0.3, 0.4) is 0 Å². The maximum atomic E-state index is 13.5. The maximum Gasteiger partial charge on any atom is 0.319 e. The van der Waals surface area contributed by atoms with Crippen molar-refractivity contribution in [3.8, 4) is 0 Å². The molecular formula is C17H19FN2O2. The molecule has 2 aromatic carbocycles. The minimum Gasteiger partial charge on any atom is -0.386 e. The van der Waals surface area contributed by atoms with Gasteiger partial charge in [0.15, 0.2) is 0 Å². The zero-order valence-corrected chi connectivity index (χ0v) is 12.6. The maximum absolute atomic E-state index is 13.5. The second-order valence-corrected chi connectivity index (χ2v) is 5.25. The van der Waals surface area contributed by atoms with Gasteiger partial charge in [-0.05, 0) is 43.2 Å². The van der Waals surface area contributed by atoms with Gasteiger partial charge in [0.05, 0.1) is 6.10 Å². The highest BCUT2D eigenvalue weighted by atomic mass is 19.1. The minimum atomic E-state index is -1.09. The number of halogens is 1. The predicted molar refractivity (Wildman–Crippen MR) is 84.3 cm³/mol. The van der Waals surface area contributed by atoms with Crippen LogP contribution in [0.5, 0.6) is 0 Å². The van der Waals surface area contributed by atoms with Gasteiger partial charge in [-0.25, -0.2) is 9.18 Å². The van der Waals surface area contributed by atoms with Gasteiger partial charge in [0.1, 0.15) is 5.82 Å². The lowest BCUT2D eigenvalue weighted by Crippen LogP contribution is -2.32. The Balaban J connectivity index is 1.91. The van der Waals surface area contributed by atoms with Crippen LogP contribution in [0, 0.1) is 19.7 Å². The second-order valence-electron chi connectivity index (χ2n) is 5.25. The van der Waals surface area contributed by atoms with Crippen molar-refractivity contribution < 1.29 is 14.3 Å². The van der Waals surface area contributed by atoms with Crippen molar-refractivity contribution in [3.63, 3.8) is 0 Å². The standard InChI is InChI=1S/C17H19FN2O2/c1-11-7-12(2)9-13(8-11)20-17(22)19-10-16(21)14-5-3-4-6-15(14)18/h3-9,16,21H,10H2,1-2H3,(H2,19,20,22)/t16-/m1/s1. The van der Waals surface area contributed by atoms with Crippen molar-refractivity contribution in [2.45, 2.75) is 20.0 Å². The Morgan fingerprint density at radius 2 is 1.82 bits per heavy atom. The number of anilines is 1. The zero-order valence-electron chi connectivity index (χ0n) is 12.6. The van der Waals surface area contributed by atoms with E-state index in [2.05, 4.69) is 10.6 Å². The smallest absolute Gasteiger partial charge is 0.319 e. The number of aliphatic hydroxyl groups is 1. The third kappa shape index (κ3) is 4.30. The molecule has 0 aliphatic heterocycles. The topological polar surface area (TPSA) is 61.4 Å². The van der Waals surface area contributed by atoms with Crippen LogP contribution in [0.25, 0.3) is 0 Å². The molecule has 2 aromatic rings. The fraction of sp³-hybridized carbons (Fsp3) is 0.235. The van der Waals surface area contributed by atoms with E-state index in [0.717, 1.165) is 11.1 Å². The lowest BCUT2D eigenvalue weighted by molar-refractivity contribution is 0.170. The molecule has 0 aliphatic carbocycles. The number of hydrogen-bond acceptors (Lipinski definition) is 2. The molecule has 4 nitrogen and oxygen atoms in total. The first kappa shape index (κ1) is 16.0. The summed E-state index contributed by atoms with van der Waals surface area (Å²) in [4.78, 5) is 11.8. The fourth-order valence-electron chi connectivity index (χ4n) is 2.27. The van der Waals surface area contributed by atoms with Crippen LogP contribution in [0.4, 0.5) is 14.9 Å². The molecule has 0 spiro atoms. The Labute approximate surface area is 129 Å². The van der Waals surface area contributed by atoms with Crippen LogP contribution >= 0.6 is 0 Å². The number of aliphatic hydroxyl groups excluding tert-OH is 1. The number of benzene rings is 2. The Morgan fingerprint density at radius 1 is 1.18 bits per heavy atom. The molecular weight excluding hydrogens is 283 g/mol. The number of hydrogen-bond donors (Lipinski definition) is 3. The molecule has 3 N–H and O–H groups in total. The predicted octanol–water partition coefficient (Wildman–Crippen LogP) is 3.30. The number of carbonyl (C=O) groups is 1. The van der Waals surface area contributed by atoms with Crippen LogP contribution in [0.15, 0.2) is 42.5 Å². The Kier molecular flexibility index (Phi) is 5.12. The molecule has 0 fully saturated rings. The first-order valence-corrected chi connectivity index (χ1v) is 7.01. The monoisotopic (exact) mass is 302 g/mol. The summed E-state index contributed by atoms with van der Waals surface area (Å²) in [6, 6.07) is 11.2. The molecule has 0 bridgehead atoms. The summed E-state index contributed by atoms with van der Waals surface area (Å²) in [5.74, 6) is -0.494. The van der Waals surface area contributed by atoms with Crippen molar-refractivity contribution >= 4 is 11.7 Å². The van der Waals surface area contributed by atoms with Gasteiger partial charge in [0.25, 0.3) is 0 Å². The molecule has 5 heteroatoms. The van der Waals surface area contributed by atoms with Gasteiger partial charge in [-0.3, -0.25) is 0 Å². The zero-order chi connectivity index (χ0) is 16.1. The van der Waals surface area contributed by atoms with Gasteiger partial charge in [0.2, 0.25) is 0 Å². The lowest BCUT2D eigenvalue weighted by Gasteiger charge is -2.14. The summed E-state index contributed by atoms with van der Waals surface area (Å²) in [7, 11) is 0. The third-order valence-electron chi connectivity index (χ3n) is 3.20. The molecule has 0 aliphatic rings. The average Bonchev–Trinajstić information content (AvgIpc) is 2.44. The Bertz CT molecular complexity index is 653. The van der Waals surface area contributed by atoms with Crippen LogP contribution < -0.4 is 10.6 Å². The molecule has 0 aromatic heterocycles. The largest absolute Gasteiger partial charge is 0.386 e. The van der Waals surface area contributed by atoms with E-state index >= 15 is 0 Å². The average molecular weight is 302 g/mol. The molecule has 116 valence electrons. The van der Waals surface area contributed by atoms with Crippen molar-refractivity contribution in [1.82, 2.24) is 5.32 Å². The Morgan fingerprint density at radius 3 is 2.45 bits per heavy atom. The van der Waals surface area contributed by atoms with E-state index in [1.165, 1.54) is 12.1 Å². The normalized spacial score (nSPS) is 11.8. The Hall–Kier alpha value is -2.40. The van der Waals surface area contributed by atoms with Gasteiger partial charge in [0, 0.05) is 17.8 Å². The molecule has 22 heavy (non-hydrogen) atoms. The summed E-state index contributed by atoms with van der Waals surface area (Å²) < 4.78 is 13.5. The first-order valence-electron chi connectivity index (χ1n) is 7.01. The highest BCUT2D eigenvalue weighted by Gasteiger charge is 2.13. The molecule has 0 heterocycles. The summed E-state index contributed by atoms with van der Waals surface area (Å²) >= 11 is 0. The summed E-state index contributed by atoms with van der Waals surface area (Å²) in [6.45, 7) is 3.81. The second kappa shape index (κ2) is 7.04. The highest BCUT2D eigenvalue weighted by Crippen LogP contribution is 2.16. The van der Waals surface area contributed by atoms with Crippen molar-refractivity contribution in [2.75, 3.05) is 11.9 Å². The van der Waals surface area contributed by atoms with E-state index in [-0.39, 0.29) is 12.1 Å². The van der Waals surface area contributed by atoms with Crippen molar-refractivity contribution in [1.29, 1.82) is 0 Å². The molecule has 0 radical (unpaired) electrons. The molecule has 2 rings (SSSR count). The molecule has 0 saturated carbocycles. The van der Waals surface area contributed by atoms with E-state index in [9.17, 15) is 14.3 Å². The number of urea groups is 1. The van der Waals surface area contributed by atoms with E-state index in [1.54, 1.807) is 12.1 Å². The van der Waals surface area contributed by atoms with Gasteiger partial charge in [-0.2, -0.15) is 0 Å². The van der Waals surface area contributed by atoms with Gasteiger partial charge < -0.3 is 15.7 Å². The number of nitrogens with one attached hydrogen (secondary N) is 2. The number of carbonyl (C=O) groups excluding carboxylic acids is 1. The van der Waals surface area contributed by atoms with E-state index in [4.69, 9.17) is 0 Å². The van der Waals surface area contributed by atoms with Crippen LogP contribution in [-0.4, -0.2) is 17.7 Å². The molecule has 0 unspecified atom stereocenters. The van der Waals surface area contributed by atoms with E-state index in [1.807, 2.05) is 32.0 Å². The number of aryl methyl sites for hydroxylation is 2. The third-order valence-corrected chi connectivity index (χ3v) is 3.20. The molecule has 1 atom stereocenters. The van der Waals surface area contributed by atoms with Crippen molar-refractivity contribution in [3.05, 3.63) is 65.0 Å². The van der Waals surface area contributed by atoms with E-state index < -0.39 is 18.0 Å². The quantitative estimate of drug-likeness (QED) is 0.811. The fourth-order valence-corrected chi connectivity index (χ4v) is 2.27. The van der Waals surface area contributed by atoms with E-state index in [0.29, 0.717) is 5.69 Å². The van der Waals surface area contributed by atoms with Gasteiger partial charge in [-0.15, -0.1) is 0 Å². The van der Waals surface area contributed by atoms with Gasteiger partial charge in [-0.1, -0.05) is 24.3 Å². The SMILES string of the molecule is Cc1cc(C)cc(NC(=O)NC[C@@H](O)c2ccccc2F)c1. The van der Waals surface area contributed by atoms with Crippen LogP contribution in [0.1, 0.15) is 22.8 Å². The van der Waals surface area contributed by atoms with Gasteiger partial charge >= 0.3 is 6.03 Å².